The Morgan fingerprint density at radius 1 is 0.425 bits per heavy atom. The van der Waals surface area contributed by atoms with Crippen molar-refractivity contribution in [2.45, 2.75) is 219 Å². The van der Waals surface area contributed by atoms with Crippen LogP contribution < -0.4 is 11.2 Å². The zero-order valence-corrected chi connectivity index (χ0v) is 28.4. The van der Waals surface area contributed by atoms with Crippen molar-refractivity contribution < 1.29 is 0 Å². The summed E-state index contributed by atoms with van der Waals surface area (Å²) in [5.74, 6) is 0. The lowest BCUT2D eigenvalue weighted by molar-refractivity contribution is 0.531. The minimum Gasteiger partial charge on any atom is -0.375 e. The van der Waals surface area contributed by atoms with E-state index in [4.69, 9.17) is 18.0 Å². The maximum absolute atomic E-state index is 5.63. The maximum atomic E-state index is 5.63. The van der Waals surface area contributed by atoms with Crippen molar-refractivity contribution in [3.63, 3.8) is 0 Å². The molecule has 238 valence electrons. The van der Waals surface area contributed by atoms with E-state index in [1.54, 1.807) is 0 Å². The molecule has 0 aromatic carbocycles. The molecule has 0 saturated heterocycles. The van der Waals surface area contributed by atoms with Crippen LogP contribution in [0.2, 0.25) is 0 Å². The summed E-state index contributed by atoms with van der Waals surface area (Å²) in [7, 11) is 0. The molecule has 0 saturated carbocycles. The van der Waals surface area contributed by atoms with Gasteiger partial charge in [-0.25, -0.2) is 0 Å². The minimum atomic E-state index is 0.283. The molecule has 0 fully saturated rings. The molecule has 0 bridgehead atoms. The number of nitrogens with two attached hydrogens (primary N) is 1. The highest BCUT2D eigenvalue weighted by atomic mass is 32.1. The van der Waals surface area contributed by atoms with Gasteiger partial charge in [-0.3, -0.25) is 5.43 Å². The molecule has 40 heavy (non-hydrogen) atoms. The summed E-state index contributed by atoms with van der Waals surface area (Å²) in [5.41, 5.74) is 9.73. The predicted molar refractivity (Wildman–Crippen MR) is 186 cm³/mol. The first-order chi connectivity index (χ1) is 19.7. The number of hydrogen-bond acceptors (Lipinski definition) is 2. The van der Waals surface area contributed by atoms with E-state index < -0.39 is 0 Å². The Bertz CT molecular complexity index is 498. The quantitative estimate of drug-likeness (QED) is 0.0352. The summed E-state index contributed by atoms with van der Waals surface area (Å²) in [6, 6.07) is 0. The number of thiocarbonyl (C=S) groups is 1. The molecule has 0 aromatic rings. The van der Waals surface area contributed by atoms with Gasteiger partial charge >= 0.3 is 0 Å². The van der Waals surface area contributed by atoms with E-state index in [9.17, 15) is 0 Å². The Labute approximate surface area is 258 Å². The van der Waals surface area contributed by atoms with E-state index in [2.05, 4.69) is 24.4 Å². The lowest BCUT2D eigenvalue weighted by Crippen LogP contribution is -2.25. The molecule has 0 aliphatic heterocycles. The molecule has 3 nitrogen and oxygen atoms in total. The fourth-order valence-corrected chi connectivity index (χ4v) is 5.82. The zero-order chi connectivity index (χ0) is 29.2. The van der Waals surface area contributed by atoms with E-state index in [0.717, 1.165) is 12.8 Å². The van der Waals surface area contributed by atoms with Gasteiger partial charge in [0.2, 0.25) is 0 Å². The van der Waals surface area contributed by atoms with Gasteiger partial charge in [0, 0.05) is 5.71 Å². The largest absolute Gasteiger partial charge is 0.375 e. The third-order valence-corrected chi connectivity index (χ3v) is 8.55. The molecule has 4 heteroatoms. The van der Waals surface area contributed by atoms with Gasteiger partial charge in [0.25, 0.3) is 0 Å². The van der Waals surface area contributed by atoms with Crippen LogP contribution in [0.5, 0.6) is 0 Å². The van der Waals surface area contributed by atoms with Crippen molar-refractivity contribution in [2.24, 2.45) is 10.8 Å². The van der Waals surface area contributed by atoms with Crippen LogP contribution in [0, 0.1) is 0 Å². The average molecular weight is 580 g/mol. The standard InChI is InChI=1S/C36H73N3S/c1-3-5-7-9-11-13-15-17-19-21-23-25-27-29-31-33-35(38-39-36(37)40)34-32-30-28-26-24-22-20-18-16-14-12-10-8-6-4-2/h3-34H2,1-2H3,(H3,37,39,40). The lowest BCUT2D eigenvalue weighted by Gasteiger charge is -2.08. The Balaban J connectivity index is 3.60. The number of nitrogens with one attached hydrogen (secondary N) is 1. The summed E-state index contributed by atoms with van der Waals surface area (Å²) < 4.78 is 0. The van der Waals surface area contributed by atoms with Crippen LogP contribution in [0.3, 0.4) is 0 Å². The van der Waals surface area contributed by atoms with Crippen molar-refractivity contribution in [3.05, 3.63) is 0 Å². The molecule has 0 spiro atoms. The maximum Gasteiger partial charge on any atom is 0.184 e. The number of unbranched alkanes of at least 4 members (excludes halogenated alkanes) is 28. The van der Waals surface area contributed by atoms with E-state index in [1.165, 1.54) is 198 Å². The molecule has 0 heterocycles. The first-order valence-corrected chi connectivity index (χ1v) is 18.7. The van der Waals surface area contributed by atoms with Crippen LogP contribution in [0.4, 0.5) is 0 Å². The molecule has 0 amide bonds. The smallest absolute Gasteiger partial charge is 0.184 e. The van der Waals surface area contributed by atoms with Crippen molar-refractivity contribution in [1.82, 2.24) is 5.43 Å². The Kier molecular flexibility index (Phi) is 34.0. The van der Waals surface area contributed by atoms with E-state index in [1.807, 2.05) is 0 Å². The highest BCUT2D eigenvalue weighted by Gasteiger charge is 2.02. The SMILES string of the molecule is CCCCCCCCCCCCCCCCCC(CCCCCCCCCCCCCCCCC)=NNC(N)=S. The molecule has 0 rings (SSSR count). The fraction of sp³-hybridized carbons (Fsp3) is 0.944. The van der Waals surface area contributed by atoms with Gasteiger partial charge < -0.3 is 5.73 Å². The third-order valence-electron chi connectivity index (χ3n) is 8.46. The molecule has 0 aliphatic carbocycles. The van der Waals surface area contributed by atoms with Crippen molar-refractivity contribution in [2.75, 3.05) is 0 Å². The summed E-state index contributed by atoms with van der Waals surface area (Å²) in [4.78, 5) is 0. The van der Waals surface area contributed by atoms with Crippen LogP contribution in [0.1, 0.15) is 219 Å². The number of hydrazone groups is 1. The van der Waals surface area contributed by atoms with E-state index >= 15 is 0 Å². The van der Waals surface area contributed by atoms with Gasteiger partial charge in [-0.1, -0.05) is 194 Å². The van der Waals surface area contributed by atoms with E-state index in [-0.39, 0.29) is 5.11 Å². The van der Waals surface area contributed by atoms with Gasteiger partial charge in [0.05, 0.1) is 0 Å². The van der Waals surface area contributed by atoms with Crippen LogP contribution in [-0.2, 0) is 0 Å². The van der Waals surface area contributed by atoms with Crippen molar-refractivity contribution >= 4 is 23.0 Å². The van der Waals surface area contributed by atoms with Crippen LogP contribution in [0.25, 0.3) is 0 Å². The normalized spacial score (nSPS) is 11.2. The second kappa shape index (κ2) is 34.6. The summed E-state index contributed by atoms with van der Waals surface area (Å²) in [5, 5.41) is 4.81. The van der Waals surface area contributed by atoms with Gasteiger partial charge in [0.1, 0.15) is 0 Å². The van der Waals surface area contributed by atoms with Gasteiger partial charge in [-0.05, 0) is 37.9 Å². The van der Waals surface area contributed by atoms with Crippen molar-refractivity contribution in [1.29, 1.82) is 0 Å². The number of rotatable bonds is 33. The monoisotopic (exact) mass is 580 g/mol. The molecule has 0 radical (unpaired) electrons. The zero-order valence-electron chi connectivity index (χ0n) is 27.6. The highest BCUT2D eigenvalue weighted by Crippen LogP contribution is 2.16. The minimum absolute atomic E-state index is 0.283. The molecular formula is C36H73N3S. The third kappa shape index (κ3) is 33.6. The molecule has 0 unspecified atom stereocenters. The first-order valence-electron chi connectivity index (χ1n) is 18.3. The molecule has 0 atom stereocenters. The Hall–Kier alpha value is -0.640. The Morgan fingerprint density at radius 3 is 0.875 bits per heavy atom. The average Bonchev–Trinajstić information content (AvgIpc) is 2.95. The van der Waals surface area contributed by atoms with Crippen molar-refractivity contribution in [3.8, 4) is 0 Å². The summed E-state index contributed by atoms with van der Waals surface area (Å²) in [6.45, 7) is 4.59. The fourth-order valence-electron chi connectivity index (χ4n) is 5.77. The van der Waals surface area contributed by atoms with Crippen LogP contribution >= 0.6 is 12.2 Å². The highest BCUT2D eigenvalue weighted by molar-refractivity contribution is 7.80. The molecule has 3 N–H and O–H groups in total. The molecule has 0 aromatic heterocycles. The first kappa shape index (κ1) is 39.4. The van der Waals surface area contributed by atoms with Gasteiger partial charge in [0.15, 0.2) is 5.11 Å². The topological polar surface area (TPSA) is 50.4 Å². The number of nitrogens with zero attached hydrogens (tertiary/aromatic N) is 1. The second-order valence-electron chi connectivity index (χ2n) is 12.6. The summed E-state index contributed by atoms with van der Waals surface area (Å²) in [6.07, 6.45) is 44.4. The molecule has 0 aliphatic rings. The number of hydrogen-bond donors (Lipinski definition) is 2. The van der Waals surface area contributed by atoms with Gasteiger partial charge in [-0.15, -0.1) is 0 Å². The summed E-state index contributed by atoms with van der Waals surface area (Å²) >= 11 is 4.97. The van der Waals surface area contributed by atoms with Crippen LogP contribution in [0.15, 0.2) is 5.10 Å². The second-order valence-corrected chi connectivity index (χ2v) is 13.0. The van der Waals surface area contributed by atoms with Crippen LogP contribution in [-0.4, -0.2) is 10.8 Å². The lowest BCUT2D eigenvalue weighted by atomic mass is 10.0. The van der Waals surface area contributed by atoms with Gasteiger partial charge in [-0.2, -0.15) is 5.10 Å². The van der Waals surface area contributed by atoms with E-state index in [0.29, 0.717) is 0 Å². The Morgan fingerprint density at radius 2 is 0.650 bits per heavy atom. The molecular weight excluding hydrogens is 506 g/mol. The predicted octanol–water partition coefficient (Wildman–Crippen LogP) is 12.7.